The predicted molar refractivity (Wildman–Crippen MR) is 177 cm³/mol. The Hall–Kier alpha value is -2.19. The number of aliphatic carboxylic acids is 1. The van der Waals surface area contributed by atoms with E-state index in [9.17, 15) is 29.7 Å². The van der Waals surface area contributed by atoms with Crippen LogP contribution in [0.25, 0.3) is 0 Å². The molecule has 8 nitrogen and oxygen atoms in total. The van der Waals surface area contributed by atoms with Crippen molar-refractivity contribution >= 4 is 17.9 Å². The minimum atomic E-state index is -1.54. The topological polar surface area (TPSA) is 130 Å². The Morgan fingerprint density at radius 3 is 2.24 bits per heavy atom. The average Bonchev–Trinajstić information content (AvgIpc) is 3.25. The molecular weight excluding hydrogens is 584 g/mol. The Bertz CT molecular complexity index is 1260. The van der Waals surface area contributed by atoms with E-state index >= 15 is 0 Å². The summed E-state index contributed by atoms with van der Waals surface area (Å²) in [5.74, 6) is -1.52. The summed E-state index contributed by atoms with van der Waals surface area (Å²) in [6, 6.07) is 0. The molecule has 0 saturated heterocycles. The van der Waals surface area contributed by atoms with E-state index in [2.05, 4.69) is 52.9 Å². The molecule has 0 spiro atoms. The van der Waals surface area contributed by atoms with E-state index in [4.69, 9.17) is 4.74 Å². The summed E-state index contributed by atoms with van der Waals surface area (Å²) < 4.78 is 10.7. The van der Waals surface area contributed by atoms with E-state index in [0.29, 0.717) is 31.1 Å². The second-order valence-electron chi connectivity index (χ2n) is 16.9. The van der Waals surface area contributed by atoms with Crippen molar-refractivity contribution in [1.82, 2.24) is 0 Å². The van der Waals surface area contributed by atoms with Gasteiger partial charge in [-0.15, -0.1) is 0 Å². The number of esters is 2. The number of allylic oxidation sites excluding steroid dienone is 1. The Morgan fingerprint density at radius 1 is 1.00 bits per heavy atom. The van der Waals surface area contributed by atoms with Gasteiger partial charge in [0.05, 0.1) is 37.6 Å². The number of carboxylic acids is 1. The number of hydrogen-bond donors (Lipinski definition) is 3. The summed E-state index contributed by atoms with van der Waals surface area (Å²) in [4.78, 5) is 36.2. The van der Waals surface area contributed by atoms with Gasteiger partial charge in [0.15, 0.2) is 0 Å². The van der Waals surface area contributed by atoms with Crippen LogP contribution < -0.4 is 0 Å². The number of ether oxygens (including phenoxy) is 2. The molecule has 2 saturated carbocycles. The SMILES string of the molecule is C=C(CC[C@@H](C)[C@H]1CC[C@@]2(C)C3=C(C[C@H](O)[C@]12C)[C@@]1(C)CC[C@@H](OC(=O)CC(C)(O)CC(=O)OC)C(C)(C)[C@@H]1CC3)[C@H](C)C(=O)O. The maximum atomic E-state index is 13.0. The Labute approximate surface area is 276 Å². The van der Waals surface area contributed by atoms with Gasteiger partial charge >= 0.3 is 17.9 Å². The fourth-order valence-electron chi connectivity index (χ4n) is 10.8. The molecule has 3 N–H and O–H groups in total. The molecule has 0 amide bonds. The number of carboxylic acid groups (broad SMARTS) is 1. The lowest BCUT2D eigenvalue weighted by molar-refractivity contribution is -0.175. The van der Waals surface area contributed by atoms with Crippen LogP contribution in [0, 0.1) is 45.3 Å². The first-order valence-electron chi connectivity index (χ1n) is 17.5. The lowest BCUT2D eigenvalue weighted by Gasteiger charge is -2.63. The molecular formula is C38H60O8. The summed E-state index contributed by atoms with van der Waals surface area (Å²) in [5.41, 5.74) is 1.38. The van der Waals surface area contributed by atoms with Gasteiger partial charge in [-0.1, -0.05) is 64.8 Å². The fourth-order valence-corrected chi connectivity index (χ4v) is 10.8. The highest BCUT2D eigenvalue weighted by atomic mass is 16.5. The van der Waals surface area contributed by atoms with Gasteiger partial charge in [0.2, 0.25) is 0 Å². The summed E-state index contributed by atoms with van der Waals surface area (Å²) in [7, 11) is 1.26. The van der Waals surface area contributed by atoms with Gasteiger partial charge in [-0.3, -0.25) is 14.4 Å². The zero-order valence-electron chi connectivity index (χ0n) is 29.8. The number of rotatable bonds is 11. The van der Waals surface area contributed by atoms with E-state index in [0.717, 1.165) is 44.1 Å². The van der Waals surface area contributed by atoms with Crippen LogP contribution in [0.3, 0.4) is 0 Å². The normalized spacial score (nSPS) is 37.5. The Kier molecular flexibility index (Phi) is 10.1. The van der Waals surface area contributed by atoms with Crippen molar-refractivity contribution in [3.05, 3.63) is 23.3 Å². The lowest BCUT2D eigenvalue weighted by Crippen LogP contribution is -2.58. The van der Waals surface area contributed by atoms with Crippen LogP contribution in [0.15, 0.2) is 23.3 Å². The van der Waals surface area contributed by atoms with Crippen LogP contribution in [0.5, 0.6) is 0 Å². The van der Waals surface area contributed by atoms with E-state index < -0.39 is 35.5 Å². The second-order valence-corrected chi connectivity index (χ2v) is 16.9. The first-order valence-corrected chi connectivity index (χ1v) is 17.5. The number of carbonyl (C=O) groups is 3. The maximum Gasteiger partial charge on any atom is 0.310 e. The minimum Gasteiger partial charge on any atom is -0.481 e. The number of hydrogen-bond acceptors (Lipinski definition) is 7. The summed E-state index contributed by atoms with van der Waals surface area (Å²) in [6.07, 6.45) is 6.50. The third-order valence-corrected chi connectivity index (χ3v) is 14.0. The number of aliphatic hydroxyl groups is 2. The van der Waals surface area contributed by atoms with Crippen molar-refractivity contribution in [2.75, 3.05) is 7.11 Å². The van der Waals surface area contributed by atoms with Crippen LogP contribution in [0.2, 0.25) is 0 Å². The molecule has 0 aromatic heterocycles. The highest BCUT2D eigenvalue weighted by Crippen LogP contribution is 2.72. The molecule has 2 fully saturated rings. The third kappa shape index (κ3) is 6.10. The monoisotopic (exact) mass is 644 g/mol. The van der Waals surface area contributed by atoms with Crippen LogP contribution in [-0.2, 0) is 23.9 Å². The predicted octanol–water partition coefficient (Wildman–Crippen LogP) is 7.02. The molecule has 4 rings (SSSR count). The molecule has 0 radical (unpaired) electrons. The van der Waals surface area contributed by atoms with Crippen molar-refractivity contribution < 1.29 is 39.2 Å². The third-order valence-electron chi connectivity index (χ3n) is 14.0. The van der Waals surface area contributed by atoms with Crippen molar-refractivity contribution in [2.24, 2.45) is 45.3 Å². The first kappa shape index (κ1) is 36.6. The van der Waals surface area contributed by atoms with Gasteiger partial charge in [0.1, 0.15) is 6.10 Å². The molecule has 10 atom stereocenters. The molecule has 0 aromatic rings. The molecule has 0 aromatic carbocycles. The van der Waals surface area contributed by atoms with Crippen molar-refractivity contribution in [1.29, 1.82) is 0 Å². The van der Waals surface area contributed by atoms with Gasteiger partial charge in [-0.2, -0.15) is 0 Å². The van der Waals surface area contributed by atoms with Gasteiger partial charge in [0.25, 0.3) is 0 Å². The van der Waals surface area contributed by atoms with Crippen LogP contribution in [-0.4, -0.2) is 58.1 Å². The molecule has 1 unspecified atom stereocenters. The minimum absolute atomic E-state index is 0.114. The Balaban J connectivity index is 1.54. The molecule has 260 valence electrons. The second kappa shape index (κ2) is 12.7. The van der Waals surface area contributed by atoms with Gasteiger partial charge in [-0.25, -0.2) is 0 Å². The zero-order chi connectivity index (χ0) is 34.6. The van der Waals surface area contributed by atoms with Crippen LogP contribution in [0.4, 0.5) is 0 Å². The van der Waals surface area contributed by atoms with Crippen LogP contribution >= 0.6 is 0 Å². The number of carbonyl (C=O) groups excluding carboxylic acids is 2. The molecule has 46 heavy (non-hydrogen) atoms. The highest BCUT2D eigenvalue weighted by Gasteiger charge is 2.66. The molecule has 0 aliphatic heterocycles. The van der Waals surface area contributed by atoms with Crippen molar-refractivity contribution in [3.63, 3.8) is 0 Å². The molecule has 0 heterocycles. The van der Waals surface area contributed by atoms with E-state index in [1.54, 1.807) is 12.5 Å². The molecule has 4 aliphatic rings. The van der Waals surface area contributed by atoms with E-state index in [1.165, 1.54) is 19.6 Å². The van der Waals surface area contributed by atoms with Gasteiger partial charge in [-0.05, 0) is 100 Å². The number of fused-ring (bicyclic) bond motifs is 4. The van der Waals surface area contributed by atoms with Crippen LogP contribution in [0.1, 0.15) is 126 Å². The molecule has 8 heteroatoms. The number of methoxy groups -OCH3 is 1. The highest BCUT2D eigenvalue weighted by molar-refractivity contribution is 5.75. The van der Waals surface area contributed by atoms with Gasteiger partial charge < -0.3 is 24.8 Å². The summed E-state index contributed by atoms with van der Waals surface area (Å²) in [6.45, 7) is 21.0. The van der Waals surface area contributed by atoms with Crippen molar-refractivity contribution in [3.8, 4) is 0 Å². The van der Waals surface area contributed by atoms with Crippen molar-refractivity contribution in [2.45, 2.75) is 144 Å². The maximum absolute atomic E-state index is 13.0. The van der Waals surface area contributed by atoms with E-state index in [1.807, 2.05) is 0 Å². The van der Waals surface area contributed by atoms with Gasteiger partial charge in [0, 0.05) is 10.8 Å². The molecule has 4 aliphatic carbocycles. The lowest BCUT2D eigenvalue weighted by atomic mass is 9.42. The fraction of sp³-hybridized carbons (Fsp3) is 0.816. The van der Waals surface area contributed by atoms with E-state index in [-0.39, 0.29) is 46.5 Å². The largest absolute Gasteiger partial charge is 0.481 e. The summed E-state index contributed by atoms with van der Waals surface area (Å²) >= 11 is 0. The average molecular weight is 645 g/mol. The smallest absolute Gasteiger partial charge is 0.310 e. The first-order chi connectivity index (χ1) is 21.2. The summed E-state index contributed by atoms with van der Waals surface area (Å²) in [5, 5.41) is 32.2. The molecule has 0 bridgehead atoms. The quantitative estimate of drug-likeness (QED) is 0.162. The number of aliphatic hydroxyl groups excluding tert-OH is 1. The Morgan fingerprint density at radius 2 is 1.63 bits per heavy atom. The standard InChI is InChI=1S/C38H60O8/c1-22(24(3)33(42)43)11-12-23(2)25-15-18-37(8)26-13-14-28-34(4,5)30(46-32(41)21-35(6,44)20-31(40)45-10)16-17-36(28,7)27(26)19-29(39)38(25,37)9/h23-25,28-30,39,44H,1,11-21H2,2-10H3,(H,42,43)/t23-,24+,25-,28+,29+,30-,35?,36-,37+,38+/m1/s1. The zero-order valence-corrected chi connectivity index (χ0v) is 29.8.